The average Bonchev–Trinajstić information content (AvgIpc) is 2.73. The van der Waals surface area contributed by atoms with Crippen molar-refractivity contribution in [2.24, 2.45) is 0 Å². The zero-order valence-electron chi connectivity index (χ0n) is 7.78. The van der Waals surface area contributed by atoms with Crippen molar-refractivity contribution in [1.82, 2.24) is 10.2 Å². The highest BCUT2D eigenvalue weighted by Gasteiger charge is 2.35. The van der Waals surface area contributed by atoms with Crippen molar-refractivity contribution < 1.29 is 14.4 Å². The molecule has 2 saturated heterocycles. The molecule has 2 aliphatic rings. The largest absolute Gasteiger partial charge is 0.344 e. The molecule has 0 saturated carbocycles. The van der Waals surface area contributed by atoms with Crippen LogP contribution in [0.15, 0.2) is 0 Å². The minimum Gasteiger partial charge on any atom is -0.344 e. The average molecular weight is 196 g/mol. The van der Waals surface area contributed by atoms with Gasteiger partial charge in [-0.2, -0.15) is 0 Å². The van der Waals surface area contributed by atoms with Crippen molar-refractivity contribution in [3.63, 3.8) is 0 Å². The Morgan fingerprint density at radius 3 is 2.64 bits per heavy atom. The number of nitrogens with zero attached hydrogens (tertiary/aromatic N) is 1. The molecule has 2 aliphatic heterocycles. The van der Waals surface area contributed by atoms with Crippen LogP contribution in [-0.2, 0) is 14.4 Å². The molecule has 5 nitrogen and oxygen atoms in total. The third kappa shape index (κ3) is 1.49. The molecule has 0 aromatic carbocycles. The van der Waals surface area contributed by atoms with Gasteiger partial charge in [0.25, 0.3) is 5.91 Å². The minimum absolute atomic E-state index is 0.102. The Kier molecular flexibility index (Phi) is 2.23. The first-order valence-corrected chi connectivity index (χ1v) is 4.82. The highest BCUT2D eigenvalue weighted by atomic mass is 16.2. The van der Waals surface area contributed by atoms with E-state index in [9.17, 15) is 14.4 Å². The molecule has 0 radical (unpaired) electrons. The maximum absolute atomic E-state index is 11.7. The molecule has 0 spiro atoms. The van der Waals surface area contributed by atoms with Crippen molar-refractivity contribution in [1.29, 1.82) is 0 Å². The maximum atomic E-state index is 11.7. The zero-order valence-corrected chi connectivity index (χ0v) is 7.78. The quantitative estimate of drug-likeness (QED) is 0.570. The number of likely N-dealkylation sites (tertiary alicyclic amines) is 1. The van der Waals surface area contributed by atoms with E-state index in [1.165, 1.54) is 4.90 Å². The van der Waals surface area contributed by atoms with Crippen LogP contribution in [0, 0.1) is 0 Å². The fraction of sp³-hybridized carbons (Fsp3) is 0.667. The molecule has 1 N–H and O–H groups in total. The molecular weight excluding hydrogens is 184 g/mol. The first kappa shape index (κ1) is 9.18. The van der Waals surface area contributed by atoms with Crippen molar-refractivity contribution >= 4 is 17.7 Å². The summed E-state index contributed by atoms with van der Waals surface area (Å²) in [6.07, 6.45) is 2.09. The Balaban J connectivity index is 2.01. The smallest absolute Gasteiger partial charge is 0.251 e. The van der Waals surface area contributed by atoms with Crippen molar-refractivity contribution in [3.8, 4) is 0 Å². The van der Waals surface area contributed by atoms with E-state index >= 15 is 0 Å². The molecule has 2 heterocycles. The van der Waals surface area contributed by atoms with Crippen molar-refractivity contribution in [3.05, 3.63) is 0 Å². The van der Waals surface area contributed by atoms with Gasteiger partial charge in [0.2, 0.25) is 11.8 Å². The summed E-state index contributed by atoms with van der Waals surface area (Å²) in [5.74, 6) is -0.454. The molecule has 2 rings (SSSR count). The second kappa shape index (κ2) is 3.40. The lowest BCUT2D eigenvalue weighted by molar-refractivity contribution is -0.143. The van der Waals surface area contributed by atoms with Gasteiger partial charge in [-0.05, 0) is 12.8 Å². The summed E-state index contributed by atoms with van der Waals surface area (Å²) >= 11 is 0. The predicted molar refractivity (Wildman–Crippen MR) is 47.1 cm³/mol. The molecule has 2 fully saturated rings. The van der Waals surface area contributed by atoms with Crippen molar-refractivity contribution in [2.75, 3.05) is 6.54 Å². The lowest BCUT2D eigenvalue weighted by Crippen LogP contribution is -2.44. The standard InChI is InChI=1S/C9H12N2O3/c12-7-4-3-6(10-7)9(14)11-5-1-2-8(11)13/h6H,1-5H2,(H,10,12). The van der Waals surface area contributed by atoms with E-state index in [2.05, 4.69) is 5.32 Å². The summed E-state index contributed by atoms with van der Waals surface area (Å²) in [6.45, 7) is 0.504. The van der Waals surface area contributed by atoms with Gasteiger partial charge in [0.05, 0.1) is 0 Å². The summed E-state index contributed by atoms with van der Waals surface area (Å²) in [5.41, 5.74) is 0. The Labute approximate surface area is 81.4 Å². The highest BCUT2D eigenvalue weighted by Crippen LogP contribution is 2.15. The maximum Gasteiger partial charge on any atom is 0.251 e. The third-order valence-corrected chi connectivity index (χ3v) is 2.63. The van der Waals surface area contributed by atoms with E-state index in [-0.39, 0.29) is 17.7 Å². The van der Waals surface area contributed by atoms with Gasteiger partial charge < -0.3 is 5.32 Å². The summed E-state index contributed by atoms with van der Waals surface area (Å²) in [6, 6.07) is -0.468. The number of nitrogens with one attached hydrogen (secondary N) is 1. The van der Waals surface area contributed by atoms with Crippen molar-refractivity contribution in [2.45, 2.75) is 31.7 Å². The van der Waals surface area contributed by atoms with Crippen LogP contribution in [0.2, 0.25) is 0 Å². The lowest BCUT2D eigenvalue weighted by Gasteiger charge is -2.17. The Hall–Kier alpha value is -1.39. The Bertz CT molecular complexity index is 300. The van der Waals surface area contributed by atoms with Crippen LogP contribution in [0.1, 0.15) is 25.7 Å². The van der Waals surface area contributed by atoms with Crippen LogP contribution in [-0.4, -0.2) is 35.2 Å². The number of amides is 3. The third-order valence-electron chi connectivity index (χ3n) is 2.63. The normalized spacial score (nSPS) is 26.9. The molecule has 1 atom stereocenters. The number of hydrogen-bond acceptors (Lipinski definition) is 3. The van der Waals surface area contributed by atoms with Crippen LogP contribution in [0.4, 0.5) is 0 Å². The van der Waals surface area contributed by atoms with Gasteiger partial charge in [-0.1, -0.05) is 0 Å². The molecule has 14 heavy (non-hydrogen) atoms. The first-order chi connectivity index (χ1) is 6.68. The Morgan fingerprint density at radius 2 is 2.14 bits per heavy atom. The van der Waals surface area contributed by atoms with Gasteiger partial charge in [-0.15, -0.1) is 0 Å². The molecule has 0 bridgehead atoms. The van der Waals surface area contributed by atoms with E-state index in [1.54, 1.807) is 0 Å². The zero-order chi connectivity index (χ0) is 10.1. The van der Waals surface area contributed by atoms with Gasteiger partial charge in [0, 0.05) is 19.4 Å². The fourth-order valence-electron chi connectivity index (χ4n) is 1.87. The molecule has 3 amide bonds. The molecule has 0 aromatic rings. The van der Waals surface area contributed by atoms with Gasteiger partial charge in [0.1, 0.15) is 6.04 Å². The monoisotopic (exact) mass is 196 g/mol. The number of imide groups is 1. The van der Waals surface area contributed by atoms with Gasteiger partial charge in [-0.25, -0.2) is 0 Å². The highest BCUT2D eigenvalue weighted by molar-refractivity contribution is 6.01. The summed E-state index contributed by atoms with van der Waals surface area (Å²) in [4.78, 5) is 35.1. The molecule has 0 aliphatic carbocycles. The fourth-order valence-corrected chi connectivity index (χ4v) is 1.87. The van der Waals surface area contributed by atoms with Crippen LogP contribution in [0.5, 0.6) is 0 Å². The van der Waals surface area contributed by atoms with E-state index in [0.29, 0.717) is 25.8 Å². The summed E-state index contributed by atoms with van der Waals surface area (Å²) < 4.78 is 0. The van der Waals surface area contributed by atoms with E-state index in [1.807, 2.05) is 0 Å². The molecule has 0 aromatic heterocycles. The topological polar surface area (TPSA) is 66.5 Å². The number of rotatable bonds is 1. The first-order valence-electron chi connectivity index (χ1n) is 4.82. The summed E-state index contributed by atoms with van der Waals surface area (Å²) in [7, 11) is 0. The lowest BCUT2D eigenvalue weighted by atomic mass is 10.2. The van der Waals surface area contributed by atoms with E-state index < -0.39 is 6.04 Å². The molecule has 76 valence electrons. The van der Waals surface area contributed by atoms with Crippen LogP contribution < -0.4 is 5.32 Å². The van der Waals surface area contributed by atoms with Gasteiger partial charge >= 0.3 is 0 Å². The Morgan fingerprint density at radius 1 is 1.36 bits per heavy atom. The van der Waals surface area contributed by atoms with E-state index in [4.69, 9.17) is 0 Å². The van der Waals surface area contributed by atoms with Gasteiger partial charge in [0.15, 0.2) is 0 Å². The SMILES string of the molecule is O=C1CCC(C(=O)N2CCCC2=O)N1. The van der Waals surface area contributed by atoms with Crippen LogP contribution in [0.25, 0.3) is 0 Å². The second-order valence-corrected chi connectivity index (χ2v) is 3.65. The number of carbonyl (C=O) groups excluding carboxylic acids is 3. The van der Waals surface area contributed by atoms with E-state index in [0.717, 1.165) is 6.42 Å². The molecule has 1 unspecified atom stereocenters. The molecular formula is C9H12N2O3. The minimum atomic E-state index is -0.468. The predicted octanol–water partition coefficient (Wildman–Crippen LogP) is -0.586. The number of carbonyl (C=O) groups is 3. The van der Waals surface area contributed by atoms with Crippen LogP contribution in [0.3, 0.4) is 0 Å². The van der Waals surface area contributed by atoms with Gasteiger partial charge in [-0.3, -0.25) is 19.3 Å². The molecule has 5 heteroatoms. The number of hydrogen-bond donors (Lipinski definition) is 1. The van der Waals surface area contributed by atoms with Crippen LogP contribution >= 0.6 is 0 Å². The summed E-state index contributed by atoms with van der Waals surface area (Å²) in [5, 5.41) is 2.57. The second-order valence-electron chi connectivity index (χ2n) is 3.65.